The van der Waals surface area contributed by atoms with Crippen LogP contribution in [0.3, 0.4) is 0 Å². The molecule has 2 atom stereocenters. The van der Waals surface area contributed by atoms with Gasteiger partial charge in [0, 0.05) is 29.8 Å². The van der Waals surface area contributed by atoms with E-state index < -0.39 is 12.1 Å². The van der Waals surface area contributed by atoms with Crippen LogP contribution < -0.4 is 0 Å². The maximum absolute atomic E-state index is 11.6. The van der Waals surface area contributed by atoms with Gasteiger partial charge in [-0.05, 0) is 6.07 Å². The summed E-state index contributed by atoms with van der Waals surface area (Å²) in [6.45, 7) is 1.02. The second-order valence-corrected chi connectivity index (χ2v) is 5.27. The van der Waals surface area contributed by atoms with Crippen LogP contribution in [0.2, 0.25) is 0 Å². The first-order valence-electron chi connectivity index (χ1n) is 5.61. The van der Waals surface area contributed by atoms with E-state index in [9.17, 15) is 9.90 Å². The molecular formula is C12H14N2O3S. The molecule has 1 aliphatic rings. The zero-order valence-electron chi connectivity index (χ0n) is 10.00. The number of methoxy groups -OCH3 is 1. The molecule has 5 nitrogen and oxygen atoms in total. The first-order chi connectivity index (χ1) is 8.63. The van der Waals surface area contributed by atoms with Crippen molar-refractivity contribution in [2.45, 2.75) is 25.1 Å². The molecule has 2 rings (SSSR count). The van der Waals surface area contributed by atoms with Crippen molar-refractivity contribution in [3.8, 4) is 6.07 Å². The quantitative estimate of drug-likeness (QED) is 0.816. The number of nitrogens with zero attached hydrogens (tertiary/aromatic N) is 2. The molecule has 0 aliphatic carbocycles. The molecule has 0 radical (unpaired) electrons. The number of nitriles is 1. The van der Waals surface area contributed by atoms with E-state index in [1.165, 1.54) is 18.4 Å². The van der Waals surface area contributed by atoms with E-state index in [2.05, 4.69) is 6.07 Å². The fourth-order valence-corrected chi connectivity index (χ4v) is 2.99. The number of aliphatic hydroxyl groups excluding tert-OH is 1. The summed E-state index contributed by atoms with van der Waals surface area (Å²) in [7, 11) is 1.35. The summed E-state index contributed by atoms with van der Waals surface area (Å²) in [4.78, 5) is 14.5. The largest absolute Gasteiger partial charge is 0.468 e. The molecule has 18 heavy (non-hydrogen) atoms. The molecule has 2 heterocycles. The Bertz CT molecular complexity index is 480. The summed E-state index contributed by atoms with van der Waals surface area (Å²) >= 11 is 1.49. The normalized spacial score (nSPS) is 23.8. The maximum Gasteiger partial charge on any atom is 0.323 e. The smallest absolute Gasteiger partial charge is 0.323 e. The summed E-state index contributed by atoms with van der Waals surface area (Å²) in [5, 5.41) is 20.2. The van der Waals surface area contributed by atoms with Crippen molar-refractivity contribution in [2.24, 2.45) is 0 Å². The minimum Gasteiger partial charge on any atom is -0.468 e. The number of ether oxygens (including phenoxy) is 1. The molecule has 0 saturated carbocycles. The molecule has 6 heteroatoms. The Kier molecular flexibility index (Phi) is 3.97. The van der Waals surface area contributed by atoms with E-state index in [0.29, 0.717) is 25.1 Å². The van der Waals surface area contributed by atoms with Crippen LogP contribution in [0.15, 0.2) is 11.4 Å². The van der Waals surface area contributed by atoms with Gasteiger partial charge in [-0.2, -0.15) is 5.26 Å². The Labute approximate surface area is 109 Å². The highest BCUT2D eigenvalue weighted by atomic mass is 32.1. The lowest BCUT2D eigenvalue weighted by atomic mass is 10.2. The third-order valence-electron chi connectivity index (χ3n) is 3.00. The summed E-state index contributed by atoms with van der Waals surface area (Å²) < 4.78 is 4.74. The maximum atomic E-state index is 11.6. The highest BCUT2D eigenvalue weighted by Gasteiger charge is 2.36. The van der Waals surface area contributed by atoms with E-state index in [1.54, 1.807) is 5.38 Å². The molecule has 1 fully saturated rings. The number of likely N-dealkylation sites (tertiary alicyclic amines) is 1. The van der Waals surface area contributed by atoms with E-state index in [0.717, 1.165) is 4.88 Å². The Hall–Kier alpha value is -1.42. The number of carbonyl (C=O) groups is 1. The Balaban J connectivity index is 2.07. The average Bonchev–Trinajstić information content (AvgIpc) is 2.95. The summed E-state index contributed by atoms with van der Waals surface area (Å²) in [5.74, 6) is -0.316. The molecule has 0 unspecified atom stereocenters. The molecule has 1 aromatic heterocycles. The fourth-order valence-electron chi connectivity index (χ4n) is 2.16. The van der Waals surface area contributed by atoms with Crippen molar-refractivity contribution >= 4 is 17.3 Å². The average molecular weight is 266 g/mol. The van der Waals surface area contributed by atoms with Crippen molar-refractivity contribution in [1.29, 1.82) is 5.26 Å². The van der Waals surface area contributed by atoms with Crippen molar-refractivity contribution in [2.75, 3.05) is 13.7 Å². The van der Waals surface area contributed by atoms with Gasteiger partial charge in [0.25, 0.3) is 0 Å². The lowest BCUT2D eigenvalue weighted by Gasteiger charge is -2.20. The predicted molar refractivity (Wildman–Crippen MR) is 65.9 cm³/mol. The van der Waals surface area contributed by atoms with Gasteiger partial charge in [-0.3, -0.25) is 9.69 Å². The number of hydrogen-bond acceptors (Lipinski definition) is 6. The van der Waals surface area contributed by atoms with Crippen molar-refractivity contribution in [3.05, 3.63) is 21.9 Å². The zero-order valence-corrected chi connectivity index (χ0v) is 10.8. The van der Waals surface area contributed by atoms with Gasteiger partial charge in [0.15, 0.2) is 0 Å². The molecule has 0 aromatic carbocycles. The lowest BCUT2D eigenvalue weighted by molar-refractivity contribution is -0.146. The van der Waals surface area contributed by atoms with Crippen LogP contribution >= 0.6 is 11.3 Å². The van der Waals surface area contributed by atoms with Crippen molar-refractivity contribution < 1.29 is 14.6 Å². The molecule has 0 amide bonds. The standard InChI is InChI=1S/C12H14N2O3S/c1-17-12(16)11-3-9(15)5-14(11)6-10-2-8(4-13)7-18-10/h2,7,9,11,15H,3,5-6H2,1H3/t9-,11-/m1/s1. The number of carbonyl (C=O) groups excluding carboxylic acids is 1. The molecule has 1 aromatic rings. The molecule has 0 bridgehead atoms. The van der Waals surface area contributed by atoms with Gasteiger partial charge >= 0.3 is 5.97 Å². The van der Waals surface area contributed by atoms with Crippen molar-refractivity contribution in [1.82, 2.24) is 4.90 Å². The number of thiophene rings is 1. The van der Waals surface area contributed by atoms with Crippen LogP contribution in [0.5, 0.6) is 0 Å². The third kappa shape index (κ3) is 2.70. The fraction of sp³-hybridized carbons (Fsp3) is 0.500. The predicted octanol–water partition coefficient (Wildman–Crippen LogP) is 0.728. The second-order valence-electron chi connectivity index (χ2n) is 4.27. The molecule has 0 spiro atoms. The summed E-state index contributed by atoms with van der Waals surface area (Å²) in [6.07, 6.45) is -0.0899. The van der Waals surface area contributed by atoms with Gasteiger partial charge in [0.1, 0.15) is 12.1 Å². The topological polar surface area (TPSA) is 73.6 Å². The van der Waals surface area contributed by atoms with E-state index in [-0.39, 0.29) is 5.97 Å². The zero-order chi connectivity index (χ0) is 13.1. The highest BCUT2D eigenvalue weighted by Crippen LogP contribution is 2.24. The van der Waals surface area contributed by atoms with Gasteiger partial charge < -0.3 is 9.84 Å². The molecule has 96 valence electrons. The lowest BCUT2D eigenvalue weighted by Crippen LogP contribution is -2.36. The summed E-state index contributed by atoms with van der Waals surface area (Å²) in [5.41, 5.74) is 0.629. The SMILES string of the molecule is COC(=O)[C@H]1C[C@@H](O)CN1Cc1cc(C#N)cs1. The van der Waals surface area contributed by atoms with E-state index in [4.69, 9.17) is 10.00 Å². The van der Waals surface area contributed by atoms with Crippen LogP contribution in [0.1, 0.15) is 16.9 Å². The number of aliphatic hydroxyl groups is 1. The van der Waals surface area contributed by atoms with Crippen LogP contribution in [-0.2, 0) is 16.1 Å². The first kappa shape index (κ1) is 13.0. The first-order valence-corrected chi connectivity index (χ1v) is 6.49. The van der Waals surface area contributed by atoms with Gasteiger partial charge in [-0.25, -0.2) is 0 Å². The Morgan fingerprint density at radius 2 is 2.56 bits per heavy atom. The van der Waals surface area contributed by atoms with Gasteiger partial charge in [0.2, 0.25) is 0 Å². The van der Waals surface area contributed by atoms with Crippen LogP contribution in [-0.4, -0.2) is 41.8 Å². The van der Waals surface area contributed by atoms with Crippen LogP contribution in [0.25, 0.3) is 0 Å². The number of esters is 1. The monoisotopic (exact) mass is 266 g/mol. The van der Waals surface area contributed by atoms with Gasteiger partial charge in [-0.1, -0.05) is 0 Å². The van der Waals surface area contributed by atoms with Gasteiger partial charge in [-0.15, -0.1) is 11.3 Å². The molecule has 1 aliphatic heterocycles. The highest BCUT2D eigenvalue weighted by molar-refractivity contribution is 7.10. The molecule has 1 N–H and O–H groups in total. The van der Waals surface area contributed by atoms with Gasteiger partial charge in [0.05, 0.1) is 18.8 Å². The van der Waals surface area contributed by atoms with Crippen LogP contribution in [0, 0.1) is 11.3 Å². The minimum atomic E-state index is -0.496. The molecule has 1 saturated heterocycles. The third-order valence-corrected chi connectivity index (χ3v) is 3.92. The van der Waals surface area contributed by atoms with E-state index in [1.807, 2.05) is 11.0 Å². The summed E-state index contributed by atoms with van der Waals surface area (Å²) in [6, 6.07) is 3.50. The Morgan fingerprint density at radius 3 is 3.17 bits per heavy atom. The number of rotatable bonds is 3. The molecular weight excluding hydrogens is 252 g/mol. The second kappa shape index (κ2) is 5.48. The van der Waals surface area contributed by atoms with E-state index >= 15 is 0 Å². The number of hydrogen-bond donors (Lipinski definition) is 1. The Morgan fingerprint density at radius 1 is 1.78 bits per heavy atom. The van der Waals surface area contributed by atoms with Crippen LogP contribution in [0.4, 0.5) is 0 Å². The number of β-amino-alcohol motifs (C(OH)–C–C–N with tert-alkyl or cyclic N) is 1. The minimum absolute atomic E-state index is 0.316. The van der Waals surface area contributed by atoms with Crippen molar-refractivity contribution in [3.63, 3.8) is 0 Å².